The first-order valence-corrected chi connectivity index (χ1v) is 11.5. The highest BCUT2D eigenvalue weighted by molar-refractivity contribution is 7.89. The zero-order chi connectivity index (χ0) is 21.9. The zero-order valence-corrected chi connectivity index (χ0v) is 18.4. The molecule has 0 aliphatic carbocycles. The summed E-state index contributed by atoms with van der Waals surface area (Å²) < 4.78 is 36.8. The van der Waals surface area contributed by atoms with Crippen molar-refractivity contribution in [3.8, 4) is 0 Å². The molecule has 0 saturated carbocycles. The molecule has 1 saturated heterocycles. The Hall–Kier alpha value is -2.07. The van der Waals surface area contributed by atoms with Crippen molar-refractivity contribution in [1.82, 2.24) is 4.31 Å². The minimum Gasteiger partial charge on any atom is -0.460 e. The molecule has 0 spiro atoms. The van der Waals surface area contributed by atoms with Crippen LogP contribution in [-0.4, -0.2) is 44.3 Å². The first-order chi connectivity index (χ1) is 14.2. The number of esters is 1. The first kappa shape index (κ1) is 22.6. The average Bonchev–Trinajstić information content (AvgIpc) is 3.23. The van der Waals surface area contributed by atoms with E-state index in [2.05, 4.69) is 5.32 Å². The number of benzene rings is 1. The molecule has 2 aromatic rings. The predicted octanol–water partition coefficient (Wildman–Crippen LogP) is 3.80. The molecule has 2 heterocycles. The highest BCUT2D eigenvalue weighted by atomic mass is 35.5. The average molecular weight is 475 g/mol. The van der Waals surface area contributed by atoms with Crippen molar-refractivity contribution in [3.63, 3.8) is 0 Å². The summed E-state index contributed by atoms with van der Waals surface area (Å²) in [7, 11) is -3.92. The van der Waals surface area contributed by atoms with Crippen LogP contribution in [0, 0.1) is 5.92 Å². The molecule has 162 valence electrons. The van der Waals surface area contributed by atoms with Crippen LogP contribution in [0.2, 0.25) is 10.0 Å². The Morgan fingerprint density at radius 3 is 2.57 bits per heavy atom. The minimum atomic E-state index is -3.92. The number of nitrogens with zero attached hydrogens (tertiary/aromatic N) is 1. The second-order valence-corrected chi connectivity index (χ2v) is 9.26. The third-order valence-corrected chi connectivity index (χ3v) is 7.28. The molecule has 11 heteroatoms. The van der Waals surface area contributed by atoms with Gasteiger partial charge in [0.25, 0.3) is 10.0 Å². The van der Waals surface area contributed by atoms with Crippen molar-refractivity contribution in [2.24, 2.45) is 5.92 Å². The Bertz CT molecular complexity index is 1050. The predicted molar refractivity (Wildman–Crippen MR) is 111 cm³/mol. The maximum atomic E-state index is 12.8. The molecular formula is C19H20Cl2N2O6S. The molecule has 1 aromatic carbocycles. The Morgan fingerprint density at radius 1 is 1.20 bits per heavy atom. The van der Waals surface area contributed by atoms with Gasteiger partial charge in [0.05, 0.1) is 22.3 Å². The number of rotatable bonds is 6. The molecule has 1 aromatic heterocycles. The molecule has 30 heavy (non-hydrogen) atoms. The quantitative estimate of drug-likeness (QED) is 0.638. The summed E-state index contributed by atoms with van der Waals surface area (Å²) in [6, 6.07) is 7.42. The summed E-state index contributed by atoms with van der Waals surface area (Å²) in [5.74, 6) is -1.53. The summed E-state index contributed by atoms with van der Waals surface area (Å²) in [4.78, 5) is 24.2. The lowest BCUT2D eigenvalue weighted by molar-refractivity contribution is -0.120. The smallest absolute Gasteiger partial charge is 0.374 e. The summed E-state index contributed by atoms with van der Waals surface area (Å²) in [5, 5.41) is 2.99. The fourth-order valence-corrected chi connectivity index (χ4v) is 4.82. The van der Waals surface area contributed by atoms with Crippen molar-refractivity contribution in [3.05, 3.63) is 46.1 Å². The lowest BCUT2D eigenvalue weighted by Gasteiger charge is -2.29. The topological polar surface area (TPSA) is 106 Å². The third kappa shape index (κ3) is 4.80. The summed E-state index contributed by atoms with van der Waals surface area (Å²) in [5.41, 5.74) is 0.409. The molecule has 1 fully saturated rings. The van der Waals surface area contributed by atoms with Gasteiger partial charge >= 0.3 is 5.97 Å². The zero-order valence-electron chi connectivity index (χ0n) is 16.1. The molecule has 1 aliphatic rings. The fourth-order valence-electron chi connectivity index (χ4n) is 3.09. The molecule has 0 radical (unpaired) electrons. The number of sulfonamides is 1. The molecule has 0 bridgehead atoms. The van der Waals surface area contributed by atoms with E-state index in [4.69, 9.17) is 32.4 Å². The van der Waals surface area contributed by atoms with Crippen LogP contribution >= 0.6 is 23.2 Å². The Balaban J connectivity index is 1.62. The van der Waals surface area contributed by atoms with E-state index in [9.17, 15) is 18.0 Å². The van der Waals surface area contributed by atoms with Crippen molar-refractivity contribution < 1.29 is 27.2 Å². The summed E-state index contributed by atoms with van der Waals surface area (Å²) in [6.07, 6.45) is 0.656. The normalized spacial score (nSPS) is 15.7. The number of carbonyl (C=O) groups excluding carboxylic acids is 2. The number of ether oxygens (including phenoxy) is 1. The molecule has 1 N–H and O–H groups in total. The second kappa shape index (κ2) is 9.38. The van der Waals surface area contributed by atoms with Gasteiger partial charge in [-0.3, -0.25) is 4.79 Å². The largest absolute Gasteiger partial charge is 0.460 e. The number of amides is 1. The van der Waals surface area contributed by atoms with E-state index in [-0.39, 0.29) is 47.4 Å². The Morgan fingerprint density at radius 2 is 1.90 bits per heavy atom. The van der Waals surface area contributed by atoms with Gasteiger partial charge in [0.15, 0.2) is 0 Å². The van der Waals surface area contributed by atoms with Crippen molar-refractivity contribution >= 4 is 50.8 Å². The number of hydrogen-bond acceptors (Lipinski definition) is 6. The van der Waals surface area contributed by atoms with E-state index in [0.717, 1.165) is 0 Å². The third-order valence-electron chi connectivity index (χ3n) is 4.69. The van der Waals surface area contributed by atoms with E-state index in [0.29, 0.717) is 23.6 Å². The SMILES string of the molecule is CCOC(=O)c1ccc(S(=O)(=O)N2CCC(C(=O)Nc3cccc(Cl)c3Cl)CC2)o1. The first-order valence-electron chi connectivity index (χ1n) is 9.26. The van der Waals surface area contributed by atoms with Crippen LogP contribution in [-0.2, 0) is 19.6 Å². The highest BCUT2D eigenvalue weighted by Crippen LogP contribution is 2.31. The van der Waals surface area contributed by atoms with Crippen LogP contribution in [0.3, 0.4) is 0 Å². The van der Waals surface area contributed by atoms with Gasteiger partial charge in [-0.15, -0.1) is 0 Å². The second-order valence-electron chi connectivity index (χ2n) is 6.61. The monoisotopic (exact) mass is 474 g/mol. The number of halogens is 2. The lowest BCUT2D eigenvalue weighted by atomic mass is 9.97. The maximum absolute atomic E-state index is 12.8. The van der Waals surface area contributed by atoms with E-state index in [1.165, 1.54) is 16.4 Å². The van der Waals surface area contributed by atoms with Crippen LogP contribution in [0.4, 0.5) is 5.69 Å². The van der Waals surface area contributed by atoms with Crippen LogP contribution in [0.25, 0.3) is 0 Å². The summed E-state index contributed by atoms with van der Waals surface area (Å²) >= 11 is 12.0. The van der Waals surface area contributed by atoms with Crippen molar-refractivity contribution in [2.75, 3.05) is 25.0 Å². The van der Waals surface area contributed by atoms with Gasteiger partial charge in [0.1, 0.15) is 0 Å². The molecular weight excluding hydrogens is 455 g/mol. The summed E-state index contributed by atoms with van der Waals surface area (Å²) in [6.45, 7) is 2.06. The van der Waals surface area contributed by atoms with E-state index < -0.39 is 16.0 Å². The van der Waals surface area contributed by atoms with E-state index in [1.54, 1.807) is 25.1 Å². The minimum absolute atomic E-state index is 0.138. The number of hydrogen-bond donors (Lipinski definition) is 1. The highest BCUT2D eigenvalue weighted by Gasteiger charge is 2.34. The standard InChI is InChI=1S/C19H20Cl2N2O6S/c1-2-28-19(25)15-6-7-16(29-15)30(26,27)23-10-8-12(9-11-23)18(24)22-14-5-3-4-13(20)17(14)21/h3-7,12H,2,8-11H2,1H3,(H,22,24). The number of furan rings is 1. The van der Waals surface area contributed by atoms with Gasteiger partial charge in [-0.1, -0.05) is 29.3 Å². The van der Waals surface area contributed by atoms with Gasteiger partial charge in [-0.2, -0.15) is 4.31 Å². The van der Waals surface area contributed by atoms with Gasteiger partial charge in [-0.25, -0.2) is 13.2 Å². The Labute approximate surface area is 184 Å². The van der Waals surface area contributed by atoms with E-state index in [1.807, 2.05) is 0 Å². The molecule has 3 rings (SSSR count). The molecule has 0 unspecified atom stereocenters. The van der Waals surface area contributed by atoms with Crippen LogP contribution in [0.5, 0.6) is 0 Å². The van der Waals surface area contributed by atoms with Crippen LogP contribution < -0.4 is 5.32 Å². The maximum Gasteiger partial charge on any atom is 0.374 e. The Kier molecular flexibility index (Phi) is 7.07. The number of nitrogens with one attached hydrogen (secondary N) is 1. The number of anilines is 1. The molecule has 1 amide bonds. The van der Waals surface area contributed by atoms with Gasteiger partial charge in [-0.05, 0) is 44.0 Å². The van der Waals surface area contributed by atoms with Crippen LogP contribution in [0.1, 0.15) is 30.3 Å². The van der Waals surface area contributed by atoms with Gasteiger partial charge in [0, 0.05) is 19.0 Å². The van der Waals surface area contributed by atoms with Crippen LogP contribution in [0.15, 0.2) is 39.8 Å². The van der Waals surface area contributed by atoms with Gasteiger partial charge < -0.3 is 14.5 Å². The number of piperidine rings is 1. The van der Waals surface area contributed by atoms with Crippen molar-refractivity contribution in [2.45, 2.75) is 24.9 Å². The number of carbonyl (C=O) groups is 2. The van der Waals surface area contributed by atoms with Gasteiger partial charge in [0.2, 0.25) is 16.8 Å². The fraction of sp³-hybridized carbons (Fsp3) is 0.368. The molecule has 1 aliphatic heterocycles. The van der Waals surface area contributed by atoms with E-state index >= 15 is 0 Å². The molecule has 8 nitrogen and oxygen atoms in total. The lowest BCUT2D eigenvalue weighted by Crippen LogP contribution is -2.41. The van der Waals surface area contributed by atoms with Crippen molar-refractivity contribution in [1.29, 1.82) is 0 Å². The molecule has 0 atom stereocenters.